The van der Waals surface area contributed by atoms with E-state index in [1.807, 2.05) is 4.72 Å². The summed E-state index contributed by atoms with van der Waals surface area (Å²) in [6.45, 7) is 0.719. The van der Waals surface area contributed by atoms with Crippen LogP contribution in [-0.4, -0.2) is 32.2 Å². The Kier molecular flexibility index (Phi) is 5.13. The molecule has 20 heavy (non-hydrogen) atoms. The summed E-state index contributed by atoms with van der Waals surface area (Å²) in [5.41, 5.74) is 0.265. The van der Waals surface area contributed by atoms with Crippen molar-refractivity contribution >= 4 is 15.9 Å². The highest BCUT2D eigenvalue weighted by Gasteiger charge is 2.19. The van der Waals surface area contributed by atoms with Gasteiger partial charge in [-0.05, 0) is 25.7 Å². The zero-order chi connectivity index (χ0) is 14.4. The summed E-state index contributed by atoms with van der Waals surface area (Å²) in [6, 6.07) is 1.44. The van der Waals surface area contributed by atoms with Crippen LogP contribution in [0, 0.1) is 0 Å². The predicted octanol–water partition coefficient (Wildman–Crippen LogP) is 0.970. The van der Waals surface area contributed by atoms with Gasteiger partial charge in [0.1, 0.15) is 17.7 Å². The number of nitrogens with zero attached hydrogens (tertiary/aromatic N) is 1. The van der Waals surface area contributed by atoms with Crippen molar-refractivity contribution in [1.29, 1.82) is 0 Å². The van der Waals surface area contributed by atoms with Crippen molar-refractivity contribution in [2.24, 2.45) is 0 Å². The summed E-state index contributed by atoms with van der Waals surface area (Å²) in [5.74, 6) is -0.877. The molecule has 8 heteroatoms. The van der Waals surface area contributed by atoms with Crippen LogP contribution in [0.4, 0.5) is 0 Å². The van der Waals surface area contributed by atoms with Crippen LogP contribution in [0.2, 0.25) is 0 Å². The second-order valence-corrected chi connectivity index (χ2v) is 6.52. The summed E-state index contributed by atoms with van der Waals surface area (Å²) >= 11 is 0. The number of hydrogen-bond acceptors (Lipinski definition) is 6. The minimum atomic E-state index is -3.72. The summed E-state index contributed by atoms with van der Waals surface area (Å²) < 4.78 is 35.5. The molecule has 1 aliphatic heterocycles. The van der Waals surface area contributed by atoms with Crippen LogP contribution in [0.15, 0.2) is 16.9 Å². The lowest BCUT2D eigenvalue weighted by Gasteiger charge is -2.22. The zero-order valence-corrected chi connectivity index (χ0v) is 11.9. The molecule has 1 aromatic heterocycles. The van der Waals surface area contributed by atoms with Gasteiger partial charge >= 0.3 is 0 Å². The van der Waals surface area contributed by atoms with Crippen LogP contribution in [0.3, 0.4) is 0 Å². The number of ether oxygens (including phenoxy) is 1. The van der Waals surface area contributed by atoms with Crippen LogP contribution in [-0.2, 0) is 25.3 Å². The van der Waals surface area contributed by atoms with Crippen molar-refractivity contribution in [2.75, 3.05) is 6.61 Å². The Morgan fingerprint density at radius 2 is 2.30 bits per heavy atom. The van der Waals surface area contributed by atoms with Gasteiger partial charge in [-0.15, -0.1) is 0 Å². The van der Waals surface area contributed by atoms with Crippen molar-refractivity contribution in [1.82, 2.24) is 9.88 Å². The van der Waals surface area contributed by atoms with E-state index in [1.165, 1.54) is 12.3 Å². The van der Waals surface area contributed by atoms with E-state index in [9.17, 15) is 13.2 Å². The van der Waals surface area contributed by atoms with Crippen molar-refractivity contribution < 1.29 is 22.5 Å². The highest BCUT2D eigenvalue weighted by molar-refractivity contribution is 7.89. The van der Waals surface area contributed by atoms with E-state index in [2.05, 4.69) is 9.68 Å². The van der Waals surface area contributed by atoms with Gasteiger partial charge in [0.2, 0.25) is 15.9 Å². The smallest absolute Gasteiger partial charge is 0.240 e. The SMILES string of the molecule is O=C(CC[C@@H]1CCCCO1)NS(=O)(=O)Cc1ccon1. The molecule has 2 heterocycles. The number of carbonyl (C=O) groups excluding carboxylic acids is 1. The predicted molar refractivity (Wildman–Crippen MR) is 70.1 cm³/mol. The van der Waals surface area contributed by atoms with E-state index in [0.717, 1.165) is 25.9 Å². The van der Waals surface area contributed by atoms with Crippen LogP contribution in [0.25, 0.3) is 0 Å². The minimum absolute atomic E-state index is 0.0627. The molecule has 1 fully saturated rings. The molecule has 0 aromatic carbocycles. The Bertz CT molecular complexity index is 520. The maximum absolute atomic E-state index is 11.7. The second-order valence-electron chi connectivity index (χ2n) is 4.80. The molecule has 1 N–H and O–H groups in total. The molecule has 1 atom stereocenters. The van der Waals surface area contributed by atoms with E-state index < -0.39 is 15.9 Å². The second kappa shape index (κ2) is 6.85. The number of sulfonamides is 1. The first-order valence-electron chi connectivity index (χ1n) is 6.59. The molecule has 1 saturated heterocycles. The van der Waals surface area contributed by atoms with Gasteiger partial charge in [0.25, 0.3) is 0 Å². The van der Waals surface area contributed by atoms with E-state index >= 15 is 0 Å². The van der Waals surface area contributed by atoms with E-state index in [-0.39, 0.29) is 24.0 Å². The lowest BCUT2D eigenvalue weighted by atomic mass is 10.0. The summed E-state index contributed by atoms with van der Waals surface area (Å²) in [6.07, 6.45) is 5.11. The number of carbonyl (C=O) groups is 1. The largest absolute Gasteiger partial charge is 0.378 e. The number of amides is 1. The Hall–Kier alpha value is -1.41. The summed E-state index contributed by atoms with van der Waals surface area (Å²) in [4.78, 5) is 11.6. The molecule has 2 rings (SSSR count). The molecule has 112 valence electrons. The first-order chi connectivity index (χ1) is 9.55. The Morgan fingerprint density at radius 3 is 2.95 bits per heavy atom. The maximum atomic E-state index is 11.7. The van der Waals surface area contributed by atoms with Crippen LogP contribution in [0.5, 0.6) is 0 Å². The fourth-order valence-corrected chi connectivity index (χ4v) is 3.15. The van der Waals surface area contributed by atoms with Crippen LogP contribution < -0.4 is 4.72 Å². The van der Waals surface area contributed by atoms with Gasteiger partial charge in [0, 0.05) is 19.1 Å². The molecular formula is C12H18N2O5S. The number of aromatic nitrogens is 1. The zero-order valence-electron chi connectivity index (χ0n) is 11.1. The molecule has 1 aromatic rings. The standard InChI is InChI=1S/C12H18N2O5S/c15-12(5-4-11-3-1-2-7-18-11)14-20(16,17)9-10-6-8-19-13-10/h6,8,11H,1-5,7,9H2,(H,14,15)/t11-/m0/s1. The first kappa shape index (κ1) is 15.0. The Labute approximate surface area is 117 Å². The van der Waals surface area contributed by atoms with Gasteiger partial charge in [-0.25, -0.2) is 8.42 Å². The topological polar surface area (TPSA) is 98.5 Å². The molecule has 0 saturated carbocycles. The van der Waals surface area contributed by atoms with Crippen molar-refractivity contribution in [3.05, 3.63) is 18.0 Å². The summed E-state index contributed by atoms with van der Waals surface area (Å²) in [7, 11) is -3.72. The highest BCUT2D eigenvalue weighted by Crippen LogP contribution is 2.16. The fraction of sp³-hybridized carbons (Fsp3) is 0.667. The van der Waals surface area contributed by atoms with Crippen molar-refractivity contribution in [3.63, 3.8) is 0 Å². The molecular weight excluding hydrogens is 284 g/mol. The average molecular weight is 302 g/mol. The first-order valence-corrected chi connectivity index (χ1v) is 8.24. The normalized spacial score (nSPS) is 19.7. The molecule has 0 bridgehead atoms. The number of nitrogens with one attached hydrogen (secondary N) is 1. The van der Waals surface area contributed by atoms with Gasteiger partial charge in [-0.1, -0.05) is 5.16 Å². The van der Waals surface area contributed by atoms with E-state index in [1.54, 1.807) is 0 Å². The third-order valence-electron chi connectivity index (χ3n) is 3.07. The quantitative estimate of drug-likeness (QED) is 0.840. The average Bonchev–Trinajstić information content (AvgIpc) is 2.89. The van der Waals surface area contributed by atoms with E-state index in [4.69, 9.17) is 4.74 Å². The lowest BCUT2D eigenvalue weighted by Crippen LogP contribution is -2.32. The third-order valence-corrected chi connectivity index (χ3v) is 4.28. The van der Waals surface area contributed by atoms with Gasteiger partial charge in [-0.2, -0.15) is 0 Å². The van der Waals surface area contributed by atoms with Crippen molar-refractivity contribution in [2.45, 2.75) is 44.0 Å². The monoisotopic (exact) mass is 302 g/mol. The molecule has 0 spiro atoms. The molecule has 1 aliphatic rings. The Balaban J connectivity index is 1.75. The fourth-order valence-electron chi connectivity index (χ4n) is 2.09. The molecule has 0 unspecified atom stereocenters. The molecule has 7 nitrogen and oxygen atoms in total. The Morgan fingerprint density at radius 1 is 1.45 bits per heavy atom. The van der Waals surface area contributed by atoms with Crippen molar-refractivity contribution in [3.8, 4) is 0 Å². The third kappa shape index (κ3) is 4.93. The molecule has 1 amide bonds. The number of rotatable bonds is 6. The van der Waals surface area contributed by atoms with Crippen LogP contribution >= 0.6 is 0 Å². The maximum Gasteiger partial charge on any atom is 0.240 e. The van der Waals surface area contributed by atoms with E-state index in [0.29, 0.717) is 6.42 Å². The van der Waals surface area contributed by atoms with Gasteiger partial charge in [0.15, 0.2) is 0 Å². The van der Waals surface area contributed by atoms with Gasteiger partial charge in [0.05, 0.1) is 6.10 Å². The number of hydrogen-bond donors (Lipinski definition) is 1. The van der Waals surface area contributed by atoms with Gasteiger partial charge in [-0.3, -0.25) is 9.52 Å². The molecule has 0 aliphatic carbocycles. The summed E-state index contributed by atoms with van der Waals surface area (Å²) in [5, 5.41) is 3.50. The van der Waals surface area contributed by atoms with Gasteiger partial charge < -0.3 is 9.26 Å². The minimum Gasteiger partial charge on any atom is -0.378 e. The van der Waals surface area contributed by atoms with Crippen LogP contribution in [0.1, 0.15) is 37.8 Å². The molecule has 0 radical (unpaired) electrons. The highest BCUT2D eigenvalue weighted by atomic mass is 32.2. The lowest BCUT2D eigenvalue weighted by molar-refractivity contribution is -0.120.